The van der Waals surface area contributed by atoms with Gasteiger partial charge in [-0.1, -0.05) is 40.9 Å². The lowest BCUT2D eigenvalue weighted by molar-refractivity contribution is 0.0600. The molecular formula is C18H17N9O4S2. The molecule has 15 heteroatoms. The third-order valence-electron chi connectivity index (χ3n) is 4.28. The fourth-order valence-electron chi connectivity index (χ4n) is 2.69. The van der Waals surface area contributed by atoms with E-state index in [0.717, 1.165) is 16.7 Å². The number of rotatable bonds is 7. The van der Waals surface area contributed by atoms with Crippen LogP contribution in [0.25, 0.3) is 5.82 Å². The van der Waals surface area contributed by atoms with Gasteiger partial charge in [-0.25, -0.2) is 14.8 Å². The molecule has 0 unspecified atom stereocenters. The fourth-order valence-corrected chi connectivity index (χ4v) is 4.69. The van der Waals surface area contributed by atoms with Crippen molar-refractivity contribution in [2.24, 2.45) is 10.1 Å². The average Bonchev–Trinajstić information content (AvgIpc) is 3.58. The molecule has 0 radical (unpaired) electrons. The first-order chi connectivity index (χ1) is 16.1. The summed E-state index contributed by atoms with van der Waals surface area (Å²) >= 11 is 3.09. The summed E-state index contributed by atoms with van der Waals surface area (Å²) in [6.45, 7) is 0.757. The van der Waals surface area contributed by atoms with Crippen molar-refractivity contribution in [3.05, 3.63) is 46.8 Å². The second kappa shape index (κ2) is 10.3. The summed E-state index contributed by atoms with van der Waals surface area (Å²) in [5.74, 6) is 0.391. The lowest BCUT2D eigenvalue weighted by atomic mass is 10.1. The Kier molecular flexibility index (Phi) is 6.99. The van der Waals surface area contributed by atoms with Gasteiger partial charge in [0.15, 0.2) is 5.69 Å². The van der Waals surface area contributed by atoms with E-state index in [2.05, 4.69) is 45.5 Å². The molecule has 0 aliphatic carbocycles. The van der Waals surface area contributed by atoms with Crippen LogP contribution in [0.5, 0.6) is 0 Å². The lowest BCUT2D eigenvalue weighted by Gasteiger charge is -2.05. The number of anilines is 1. The van der Waals surface area contributed by atoms with Crippen molar-refractivity contribution < 1.29 is 19.0 Å². The molecule has 0 saturated carbocycles. The number of hydrogen-bond donors (Lipinski definition) is 2. The molecule has 1 aromatic carbocycles. The van der Waals surface area contributed by atoms with E-state index in [4.69, 9.17) is 5.73 Å². The Labute approximate surface area is 195 Å². The van der Waals surface area contributed by atoms with Gasteiger partial charge >= 0.3 is 5.97 Å². The number of nitrogens with two attached hydrogens (primary N) is 1. The van der Waals surface area contributed by atoms with E-state index >= 15 is 0 Å². The van der Waals surface area contributed by atoms with E-state index in [1.54, 1.807) is 36.0 Å². The zero-order valence-corrected chi connectivity index (χ0v) is 18.8. The first-order valence-corrected chi connectivity index (χ1v) is 11.4. The Morgan fingerprint density at radius 2 is 2.18 bits per heavy atom. The Morgan fingerprint density at radius 3 is 2.85 bits per heavy atom. The molecule has 170 valence electrons. The maximum Gasteiger partial charge on any atom is 0.337 e. The Hall–Kier alpha value is -3.72. The fraction of sp³-hybridized carbons (Fsp3) is 0.222. The third-order valence-corrected chi connectivity index (χ3v) is 6.54. The Morgan fingerprint density at radius 1 is 1.36 bits per heavy atom. The van der Waals surface area contributed by atoms with Crippen LogP contribution in [0.4, 0.5) is 5.82 Å². The Bertz CT molecular complexity index is 1220. The maximum absolute atomic E-state index is 12.8. The largest absolute Gasteiger partial charge is 0.465 e. The number of hydrogen-bond acceptors (Lipinski definition) is 13. The summed E-state index contributed by atoms with van der Waals surface area (Å²) < 4.78 is 11.5. The highest BCUT2D eigenvalue weighted by atomic mass is 32.2. The minimum Gasteiger partial charge on any atom is -0.465 e. The topological polar surface area (TPSA) is 176 Å². The molecule has 33 heavy (non-hydrogen) atoms. The van der Waals surface area contributed by atoms with Gasteiger partial charge in [-0.15, -0.1) is 5.10 Å². The van der Waals surface area contributed by atoms with Crippen LogP contribution in [0.2, 0.25) is 0 Å². The van der Waals surface area contributed by atoms with Crippen LogP contribution in [0.15, 0.2) is 39.0 Å². The van der Waals surface area contributed by atoms with Crippen molar-refractivity contribution in [3.8, 4) is 5.82 Å². The molecular weight excluding hydrogens is 470 g/mol. The van der Waals surface area contributed by atoms with Crippen molar-refractivity contribution >= 4 is 51.8 Å². The molecule has 3 N–H and O–H groups in total. The number of methoxy groups -OCH3 is 1. The number of aliphatic imine (C=N–C) groups is 1. The number of nitrogen functional groups attached to an aromatic ring is 1. The number of aromatic nitrogens is 5. The molecule has 1 aliphatic rings. The van der Waals surface area contributed by atoms with E-state index in [-0.39, 0.29) is 17.3 Å². The summed E-state index contributed by atoms with van der Waals surface area (Å²) in [6.07, 6.45) is 1.43. The standard InChI is InChI=1S/C18H17N9O4S2/c1-30-17(29)11-4-2-10(3-5-11)8-21-23-16(28)13-12(9-33-18-20-6-7-32-18)27(26-22-13)15-14(19)24-31-25-15/h2-5,8H,6-7,9H2,1H3,(H2,19,24)(H,23,28). The second-order valence-corrected chi connectivity index (χ2v) is 8.67. The minimum absolute atomic E-state index is 0.0131. The highest BCUT2D eigenvalue weighted by Crippen LogP contribution is 2.27. The van der Waals surface area contributed by atoms with E-state index in [9.17, 15) is 9.59 Å². The SMILES string of the molecule is COC(=O)c1ccc(C=NNC(=O)c2nnn(-c3nonc3N)c2CSC2=NCCS2)cc1. The maximum atomic E-state index is 12.8. The highest BCUT2D eigenvalue weighted by Gasteiger charge is 2.24. The molecule has 1 amide bonds. The van der Waals surface area contributed by atoms with Crippen LogP contribution >= 0.6 is 23.5 Å². The van der Waals surface area contributed by atoms with Gasteiger partial charge in [0, 0.05) is 11.5 Å². The summed E-state index contributed by atoms with van der Waals surface area (Å²) in [5.41, 5.74) is 9.77. The normalized spacial score (nSPS) is 13.3. The van der Waals surface area contributed by atoms with Crippen LogP contribution in [-0.2, 0) is 10.5 Å². The van der Waals surface area contributed by atoms with Crippen LogP contribution in [0.3, 0.4) is 0 Å². The van der Waals surface area contributed by atoms with E-state index in [0.29, 0.717) is 22.6 Å². The van der Waals surface area contributed by atoms with Gasteiger partial charge in [0.25, 0.3) is 5.91 Å². The molecule has 1 aliphatic heterocycles. The number of nitrogens with one attached hydrogen (secondary N) is 1. The van der Waals surface area contributed by atoms with Crippen molar-refractivity contribution in [3.63, 3.8) is 0 Å². The van der Waals surface area contributed by atoms with Crippen molar-refractivity contribution in [2.45, 2.75) is 5.75 Å². The molecule has 13 nitrogen and oxygen atoms in total. The van der Waals surface area contributed by atoms with Gasteiger partial charge in [-0.3, -0.25) is 9.79 Å². The first-order valence-electron chi connectivity index (χ1n) is 9.41. The predicted molar refractivity (Wildman–Crippen MR) is 123 cm³/mol. The number of hydrazone groups is 1. The van der Waals surface area contributed by atoms with E-state index < -0.39 is 11.9 Å². The molecule has 0 spiro atoms. The first kappa shape index (κ1) is 22.5. The van der Waals surface area contributed by atoms with Crippen molar-refractivity contribution in [1.29, 1.82) is 0 Å². The minimum atomic E-state index is -0.574. The summed E-state index contributed by atoms with van der Waals surface area (Å²) in [6, 6.07) is 6.52. The number of nitrogens with zero attached hydrogens (tertiary/aromatic N) is 7. The number of esters is 1. The second-order valence-electron chi connectivity index (χ2n) is 6.37. The van der Waals surface area contributed by atoms with Crippen LogP contribution in [0, 0.1) is 0 Å². The summed E-state index contributed by atoms with van der Waals surface area (Å²) in [7, 11) is 1.31. The van der Waals surface area contributed by atoms with Gasteiger partial charge in [-0.05, 0) is 28.0 Å². The number of carbonyl (C=O) groups excluding carboxylic acids is 2. The van der Waals surface area contributed by atoms with Gasteiger partial charge in [0.05, 0.1) is 31.1 Å². The lowest BCUT2D eigenvalue weighted by Crippen LogP contribution is -2.20. The van der Waals surface area contributed by atoms with Crippen molar-refractivity contribution in [2.75, 3.05) is 25.1 Å². The number of thioether (sulfide) groups is 2. The van der Waals surface area contributed by atoms with Crippen molar-refractivity contribution in [1.82, 2.24) is 30.7 Å². The van der Waals surface area contributed by atoms with Gasteiger partial charge in [0.2, 0.25) is 11.6 Å². The monoisotopic (exact) mass is 487 g/mol. The number of amides is 1. The average molecular weight is 488 g/mol. The molecule has 2 aromatic heterocycles. The number of carbonyl (C=O) groups is 2. The quantitative estimate of drug-likeness (QED) is 0.277. The zero-order chi connectivity index (χ0) is 23.2. The molecule has 0 fully saturated rings. The van der Waals surface area contributed by atoms with Gasteiger partial charge in [0.1, 0.15) is 4.38 Å². The number of ether oxygens (including phenoxy) is 1. The summed E-state index contributed by atoms with van der Waals surface area (Å²) in [5, 5.41) is 19.2. The number of benzene rings is 1. The van der Waals surface area contributed by atoms with E-state index in [1.165, 1.54) is 29.8 Å². The highest BCUT2D eigenvalue weighted by molar-refractivity contribution is 8.38. The molecule has 0 saturated heterocycles. The predicted octanol–water partition coefficient (Wildman–Crippen LogP) is 1.12. The molecule has 4 rings (SSSR count). The zero-order valence-electron chi connectivity index (χ0n) is 17.2. The third kappa shape index (κ3) is 5.20. The molecule has 0 bridgehead atoms. The van der Waals surface area contributed by atoms with Crippen LogP contribution in [-0.4, -0.2) is 67.2 Å². The van der Waals surface area contributed by atoms with E-state index in [1.807, 2.05) is 0 Å². The van der Waals surface area contributed by atoms with Crippen LogP contribution < -0.4 is 11.2 Å². The smallest absolute Gasteiger partial charge is 0.337 e. The van der Waals surface area contributed by atoms with Gasteiger partial charge < -0.3 is 10.5 Å². The Balaban J connectivity index is 1.50. The molecule has 3 aromatic rings. The molecule has 0 atom stereocenters. The van der Waals surface area contributed by atoms with Crippen LogP contribution in [0.1, 0.15) is 32.1 Å². The van der Waals surface area contributed by atoms with Gasteiger partial charge in [-0.2, -0.15) is 9.78 Å². The molecule has 3 heterocycles. The summed E-state index contributed by atoms with van der Waals surface area (Å²) in [4.78, 5) is 28.7.